The summed E-state index contributed by atoms with van der Waals surface area (Å²) in [5, 5.41) is 0.614. The summed E-state index contributed by atoms with van der Waals surface area (Å²) in [6.07, 6.45) is 0.254. The number of Topliss-reactive ketones (excluding diaryl/α,β-unsaturated/α-hetero) is 1. The number of ketones is 3. The van der Waals surface area contributed by atoms with Gasteiger partial charge in [0.05, 0.1) is 11.1 Å². The van der Waals surface area contributed by atoms with Gasteiger partial charge in [-0.1, -0.05) is 49.4 Å². The maximum absolute atomic E-state index is 13.0. The van der Waals surface area contributed by atoms with Gasteiger partial charge >= 0.3 is 0 Å². The maximum Gasteiger partial charge on any atom is 0.212 e. The topological polar surface area (TPSA) is 64.1 Å². The van der Waals surface area contributed by atoms with Crippen molar-refractivity contribution in [2.75, 3.05) is 0 Å². The second-order valence-electron chi connectivity index (χ2n) is 5.71. The van der Waals surface area contributed by atoms with Gasteiger partial charge in [-0.25, -0.2) is 4.98 Å². The Balaban J connectivity index is 2.16. The minimum Gasteiger partial charge on any atom is -0.294 e. The Morgan fingerprint density at radius 2 is 1.54 bits per heavy atom. The van der Waals surface area contributed by atoms with Crippen LogP contribution in [0.4, 0.5) is 0 Å². The fraction of sp³-hybridized carbons (Fsp3) is 0.100. The molecule has 3 aromatic rings. The van der Waals surface area contributed by atoms with Gasteiger partial charge in [-0.05, 0) is 6.07 Å². The van der Waals surface area contributed by atoms with E-state index >= 15 is 0 Å². The zero-order valence-electron chi connectivity index (χ0n) is 13.0. The van der Waals surface area contributed by atoms with Crippen LogP contribution in [0.1, 0.15) is 55.7 Å². The molecule has 0 bridgehead atoms. The molecule has 0 saturated heterocycles. The van der Waals surface area contributed by atoms with Crippen LogP contribution in [0.15, 0.2) is 48.5 Å². The van der Waals surface area contributed by atoms with Crippen molar-refractivity contribution in [1.29, 1.82) is 0 Å². The summed E-state index contributed by atoms with van der Waals surface area (Å²) < 4.78 is 0. The minimum atomic E-state index is -0.310. The summed E-state index contributed by atoms with van der Waals surface area (Å²) >= 11 is 0. The van der Waals surface area contributed by atoms with Gasteiger partial charge in [0.25, 0.3) is 0 Å². The van der Waals surface area contributed by atoms with Crippen molar-refractivity contribution in [2.24, 2.45) is 0 Å². The zero-order valence-corrected chi connectivity index (χ0v) is 13.0. The van der Waals surface area contributed by atoms with Crippen LogP contribution < -0.4 is 0 Å². The molecule has 0 aliphatic heterocycles. The summed E-state index contributed by atoms with van der Waals surface area (Å²) in [5.41, 5.74) is 1.75. The number of rotatable bonds is 2. The number of carbonyl (C=O) groups excluding carboxylic acids is 3. The van der Waals surface area contributed by atoms with Crippen molar-refractivity contribution in [3.8, 4) is 0 Å². The summed E-state index contributed by atoms with van der Waals surface area (Å²) in [4.78, 5) is 42.8. The molecule has 1 aliphatic rings. The lowest BCUT2D eigenvalue weighted by atomic mass is 9.82. The smallest absolute Gasteiger partial charge is 0.212 e. The molecule has 0 amide bonds. The van der Waals surface area contributed by atoms with Crippen LogP contribution in [-0.2, 0) is 0 Å². The van der Waals surface area contributed by atoms with E-state index in [1.165, 1.54) is 0 Å². The zero-order chi connectivity index (χ0) is 16.8. The first-order chi connectivity index (χ1) is 11.6. The third-order valence-corrected chi connectivity index (χ3v) is 4.35. The van der Waals surface area contributed by atoms with E-state index in [1.54, 1.807) is 55.5 Å². The second kappa shape index (κ2) is 5.20. The SMILES string of the molecule is CCC(=O)c1c2c(nc3ccccc13)C(=O)c1ccccc1C2=O. The van der Waals surface area contributed by atoms with Gasteiger partial charge < -0.3 is 0 Å². The van der Waals surface area contributed by atoms with Crippen molar-refractivity contribution < 1.29 is 14.4 Å². The van der Waals surface area contributed by atoms with E-state index < -0.39 is 0 Å². The van der Waals surface area contributed by atoms with Crippen LogP contribution >= 0.6 is 0 Å². The lowest BCUT2D eigenvalue weighted by Gasteiger charge is -2.20. The molecule has 4 heteroatoms. The number of fused-ring (bicyclic) bond motifs is 3. The van der Waals surface area contributed by atoms with E-state index in [-0.39, 0.29) is 35.0 Å². The highest BCUT2D eigenvalue weighted by Crippen LogP contribution is 2.33. The number of para-hydroxylation sites is 1. The molecule has 1 heterocycles. The van der Waals surface area contributed by atoms with Crippen molar-refractivity contribution in [3.63, 3.8) is 0 Å². The largest absolute Gasteiger partial charge is 0.294 e. The van der Waals surface area contributed by atoms with Crippen molar-refractivity contribution >= 4 is 28.3 Å². The molecule has 4 nitrogen and oxygen atoms in total. The number of benzene rings is 2. The molecule has 0 atom stereocenters. The lowest BCUT2D eigenvalue weighted by molar-refractivity contribution is 0.0958. The van der Waals surface area contributed by atoms with Gasteiger partial charge in [0.2, 0.25) is 5.78 Å². The van der Waals surface area contributed by atoms with Gasteiger partial charge in [-0.15, -0.1) is 0 Å². The average molecular weight is 315 g/mol. The van der Waals surface area contributed by atoms with Gasteiger partial charge in [-0.3, -0.25) is 14.4 Å². The third-order valence-electron chi connectivity index (χ3n) is 4.35. The van der Waals surface area contributed by atoms with Gasteiger partial charge in [0.1, 0.15) is 5.69 Å². The highest BCUT2D eigenvalue weighted by Gasteiger charge is 2.35. The minimum absolute atomic E-state index is 0.0780. The molecule has 2 aromatic carbocycles. The van der Waals surface area contributed by atoms with Crippen LogP contribution in [0.2, 0.25) is 0 Å². The highest BCUT2D eigenvalue weighted by molar-refractivity contribution is 6.32. The number of hydrogen-bond donors (Lipinski definition) is 0. The Bertz CT molecular complexity index is 1050. The van der Waals surface area contributed by atoms with Gasteiger partial charge in [-0.2, -0.15) is 0 Å². The number of hydrogen-bond acceptors (Lipinski definition) is 4. The number of pyridine rings is 1. The molecule has 116 valence electrons. The van der Waals surface area contributed by atoms with Crippen molar-refractivity contribution in [1.82, 2.24) is 4.98 Å². The predicted molar refractivity (Wildman–Crippen MR) is 89.7 cm³/mol. The standard InChI is InChI=1S/C20H13NO3/c1-2-15(22)16-13-9-5-6-10-14(13)21-18-17(16)19(23)11-7-3-4-8-12(11)20(18)24/h3-10H,2H2,1H3. The molecule has 0 fully saturated rings. The Hall–Kier alpha value is -3.14. The lowest BCUT2D eigenvalue weighted by Crippen LogP contribution is -2.25. The molecule has 4 rings (SSSR count). The molecule has 1 aliphatic carbocycles. The molecule has 1 aromatic heterocycles. The van der Waals surface area contributed by atoms with E-state index in [0.29, 0.717) is 27.6 Å². The van der Waals surface area contributed by atoms with E-state index in [2.05, 4.69) is 4.98 Å². The number of carbonyl (C=O) groups is 3. The Kier molecular flexibility index (Phi) is 3.13. The molecular weight excluding hydrogens is 302 g/mol. The Morgan fingerprint density at radius 1 is 0.917 bits per heavy atom. The molecule has 24 heavy (non-hydrogen) atoms. The maximum atomic E-state index is 13.0. The van der Waals surface area contributed by atoms with E-state index in [1.807, 2.05) is 0 Å². The van der Waals surface area contributed by atoms with E-state index in [4.69, 9.17) is 0 Å². The van der Waals surface area contributed by atoms with Crippen LogP contribution in [-0.4, -0.2) is 22.3 Å². The highest BCUT2D eigenvalue weighted by atomic mass is 16.1. The molecule has 0 saturated carbocycles. The van der Waals surface area contributed by atoms with E-state index in [0.717, 1.165) is 0 Å². The third kappa shape index (κ3) is 1.86. The van der Waals surface area contributed by atoms with Crippen LogP contribution in [0.5, 0.6) is 0 Å². The predicted octanol–water partition coefficient (Wildman–Crippen LogP) is 3.60. The quantitative estimate of drug-likeness (QED) is 0.530. The molecule has 0 unspecified atom stereocenters. The summed E-state index contributed by atoms with van der Waals surface area (Å²) in [5.74, 6) is -0.781. The molecular formula is C20H13NO3. The first-order valence-corrected chi connectivity index (χ1v) is 7.77. The first-order valence-electron chi connectivity index (χ1n) is 7.77. The van der Waals surface area contributed by atoms with Gasteiger partial charge in [0.15, 0.2) is 11.6 Å². The summed E-state index contributed by atoms with van der Waals surface area (Å²) in [6.45, 7) is 1.74. The average Bonchev–Trinajstić information content (AvgIpc) is 2.63. The van der Waals surface area contributed by atoms with Crippen molar-refractivity contribution in [3.05, 3.63) is 76.5 Å². The Morgan fingerprint density at radius 3 is 2.25 bits per heavy atom. The molecule has 0 N–H and O–H groups in total. The fourth-order valence-electron chi connectivity index (χ4n) is 3.21. The monoisotopic (exact) mass is 315 g/mol. The van der Waals surface area contributed by atoms with Crippen LogP contribution in [0, 0.1) is 0 Å². The normalized spacial score (nSPS) is 12.9. The number of aromatic nitrogens is 1. The second-order valence-corrected chi connectivity index (χ2v) is 5.71. The number of nitrogens with zero attached hydrogens (tertiary/aromatic N) is 1. The molecule has 0 radical (unpaired) electrons. The van der Waals surface area contributed by atoms with Crippen LogP contribution in [0.25, 0.3) is 10.9 Å². The van der Waals surface area contributed by atoms with Crippen LogP contribution in [0.3, 0.4) is 0 Å². The molecule has 0 spiro atoms. The Labute approximate surface area is 138 Å². The van der Waals surface area contributed by atoms with Gasteiger partial charge in [0, 0.05) is 28.5 Å². The first kappa shape index (κ1) is 14.5. The summed E-state index contributed by atoms with van der Waals surface area (Å²) in [6, 6.07) is 13.8. The van der Waals surface area contributed by atoms with E-state index in [9.17, 15) is 14.4 Å². The van der Waals surface area contributed by atoms with Crippen molar-refractivity contribution in [2.45, 2.75) is 13.3 Å². The fourth-order valence-corrected chi connectivity index (χ4v) is 3.21. The summed E-state index contributed by atoms with van der Waals surface area (Å²) in [7, 11) is 0.